The maximum absolute atomic E-state index is 4.42. The molecule has 0 atom stereocenters. The fraction of sp³-hybridized carbons (Fsp3) is 0.474. The second-order valence-electron chi connectivity index (χ2n) is 5.66. The SMILES string of the molecule is CCCc1cc(CCCc2ccnc(CCC)c2)ccn1. The van der Waals surface area contributed by atoms with Crippen molar-refractivity contribution in [3.63, 3.8) is 0 Å². The van der Waals surface area contributed by atoms with Gasteiger partial charge < -0.3 is 0 Å². The van der Waals surface area contributed by atoms with Gasteiger partial charge in [0.2, 0.25) is 0 Å². The molecule has 0 saturated heterocycles. The maximum Gasteiger partial charge on any atom is 0.0406 e. The Kier molecular flexibility index (Phi) is 6.39. The molecule has 0 aliphatic heterocycles. The lowest BCUT2D eigenvalue weighted by Gasteiger charge is -2.06. The molecule has 0 spiro atoms. The van der Waals surface area contributed by atoms with E-state index >= 15 is 0 Å². The molecular formula is C19H26N2. The van der Waals surface area contributed by atoms with E-state index in [1.54, 1.807) is 0 Å². The molecule has 0 N–H and O–H groups in total. The summed E-state index contributed by atoms with van der Waals surface area (Å²) in [5.74, 6) is 0. The quantitative estimate of drug-likeness (QED) is 0.709. The standard InChI is InChI=1S/C19H26N2/c1-3-6-18-14-16(10-12-20-18)8-5-9-17-11-13-21-19(15-17)7-4-2/h10-15H,3-9H2,1-2H3. The Morgan fingerprint density at radius 2 is 1.19 bits per heavy atom. The van der Waals surface area contributed by atoms with Crippen molar-refractivity contribution in [2.45, 2.75) is 58.8 Å². The zero-order chi connectivity index (χ0) is 14.9. The molecule has 0 aromatic carbocycles. The van der Waals surface area contributed by atoms with Gasteiger partial charge in [-0.25, -0.2) is 0 Å². The average Bonchev–Trinajstić information content (AvgIpc) is 2.49. The van der Waals surface area contributed by atoms with Crippen molar-refractivity contribution in [2.75, 3.05) is 0 Å². The molecule has 0 fully saturated rings. The number of rotatable bonds is 8. The predicted molar refractivity (Wildman–Crippen MR) is 88.5 cm³/mol. The van der Waals surface area contributed by atoms with E-state index in [-0.39, 0.29) is 0 Å². The molecule has 0 aliphatic carbocycles. The topological polar surface area (TPSA) is 25.8 Å². The van der Waals surface area contributed by atoms with Crippen molar-refractivity contribution >= 4 is 0 Å². The predicted octanol–water partition coefficient (Wildman–Crippen LogP) is 4.56. The normalized spacial score (nSPS) is 10.8. The first-order chi connectivity index (χ1) is 10.3. The molecule has 0 radical (unpaired) electrons. The molecule has 112 valence electrons. The number of hydrogen-bond donors (Lipinski definition) is 0. The number of pyridine rings is 2. The van der Waals surface area contributed by atoms with Crippen LogP contribution in [0.15, 0.2) is 36.7 Å². The molecule has 2 nitrogen and oxygen atoms in total. The molecule has 2 heterocycles. The first kappa shape index (κ1) is 15.7. The Bertz CT molecular complexity index is 499. The van der Waals surface area contributed by atoms with Crippen molar-refractivity contribution in [1.29, 1.82) is 0 Å². The van der Waals surface area contributed by atoms with E-state index in [4.69, 9.17) is 0 Å². The number of nitrogens with zero attached hydrogens (tertiary/aromatic N) is 2. The first-order valence-corrected chi connectivity index (χ1v) is 8.19. The molecule has 21 heavy (non-hydrogen) atoms. The highest BCUT2D eigenvalue weighted by Gasteiger charge is 2.00. The molecule has 2 aromatic heterocycles. The summed E-state index contributed by atoms with van der Waals surface area (Å²) in [6, 6.07) is 8.82. The largest absolute Gasteiger partial charge is 0.261 e. The van der Waals surface area contributed by atoms with Crippen molar-refractivity contribution < 1.29 is 0 Å². The lowest BCUT2D eigenvalue weighted by atomic mass is 10.0. The van der Waals surface area contributed by atoms with E-state index in [1.165, 1.54) is 28.9 Å². The highest BCUT2D eigenvalue weighted by molar-refractivity contribution is 5.19. The highest BCUT2D eigenvalue weighted by Crippen LogP contribution is 2.11. The van der Waals surface area contributed by atoms with Crippen LogP contribution in [-0.4, -0.2) is 9.97 Å². The molecule has 2 aromatic rings. The fourth-order valence-electron chi connectivity index (χ4n) is 2.65. The zero-order valence-electron chi connectivity index (χ0n) is 13.3. The molecule has 0 bridgehead atoms. The molecule has 0 aliphatic rings. The van der Waals surface area contributed by atoms with Crippen LogP contribution in [0.2, 0.25) is 0 Å². The fourth-order valence-corrected chi connectivity index (χ4v) is 2.65. The summed E-state index contributed by atoms with van der Waals surface area (Å²) in [6.45, 7) is 4.40. The van der Waals surface area contributed by atoms with Crippen LogP contribution < -0.4 is 0 Å². The van der Waals surface area contributed by atoms with E-state index in [0.717, 1.165) is 38.5 Å². The minimum atomic E-state index is 1.08. The summed E-state index contributed by atoms with van der Waals surface area (Å²) in [4.78, 5) is 8.84. The summed E-state index contributed by atoms with van der Waals surface area (Å²) in [7, 11) is 0. The minimum absolute atomic E-state index is 1.08. The summed E-state index contributed by atoms with van der Waals surface area (Å²) < 4.78 is 0. The van der Waals surface area contributed by atoms with Gasteiger partial charge in [-0.2, -0.15) is 0 Å². The van der Waals surface area contributed by atoms with Gasteiger partial charge in [-0.3, -0.25) is 9.97 Å². The van der Waals surface area contributed by atoms with E-state index < -0.39 is 0 Å². The number of hydrogen-bond acceptors (Lipinski definition) is 2. The highest BCUT2D eigenvalue weighted by atomic mass is 14.7. The van der Waals surface area contributed by atoms with Crippen LogP contribution >= 0.6 is 0 Å². The summed E-state index contributed by atoms with van der Waals surface area (Å²) in [6.07, 6.45) is 11.8. The summed E-state index contributed by atoms with van der Waals surface area (Å²) >= 11 is 0. The van der Waals surface area contributed by atoms with Crippen LogP contribution in [0.25, 0.3) is 0 Å². The molecular weight excluding hydrogens is 256 g/mol. The number of aryl methyl sites for hydroxylation is 4. The molecule has 0 unspecified atom stereocenters. The van der Waals surface area contributed by atoms with Crippen LogP contribution in [0.3, 0.4) is 0 Å². The third-order valence-corrected chi connectivity index (χ3v) is 3.71. The second-order valence-corrected chi connectivity index (χ2v) is 5.66. The Labute approximate surface area is 128 Å². The summed E-state index contributed by atoms with van der Waals surface area (Å²) in [5.41, 5.74) is 5.28. The van der Waals surface area contributed by atoms with Crippen LogP contribution in [0, 0.1) is 0 Å². The first-order valence-electron chi connectivity index (χ1n) is 8.19. The smallest absolute Gasteiger partial charge is 0.0406 e. The molecule has 0 saturated carbocycles. The third-order valence-electron chi connectivity index (χ3n) is 3.71. The van der Waals surface area contributed by atoms with Crippen molar-refractivity contribution in [3.05, 3.63) is 59.2 Å². The lowest BCUT2D eigenvalue weighted by Crippen LogP contribution is -1.96. The van der Waals surface area contributed by atoms with Crippen LogP contribution in [0.4, 0.5) is 0 Å². The Hall–Kier alpha value is -1.70. The Morgan fingerprint density at radius 3 is 1.62 bits per heavy atom. The number of aromatic nitrogens is 2. The van der Waals surface area contributed by atoms with Gasteiger partial charge in [-0.1, -0.05) is 26.7 Å². The van der Waals surface area contributed by atoms with E-state index in [2.05, 4.69) is 48.1 Å². The second kappa shape index (κ2) is 8.56. The van der Waals surface area contributed by atoms with Crippen molar-refractivity contribution in [2.24, 2.45) is 0 Å². The van der Waals surface area contributed by atoms with Gasteiger partial charge in [0, 0.05) is 23.8 Å². The lowest BCUT2D eigenvalue weighted by molar-refractivity contribution is 0.803. The minimum Gasteiger partial charge on any atom is -0.261 e. The molecule has 2 heteroatoms. The van der Waals surface area contributed by atoms with Crippen LogP contribution in [0.1, 0.15) is 55.6 Å². The zero-order valence-corrected chi connectivity index (χ0v) is 13.3. The van der Waals surface area contributed by atoms with Gasteiger partial charge in [0.25, 0.3) is 0 Å². The van der Waals surface area contributed by atoms with E-state index in [0.29, 0.717) is 0 Å². The van der Waals surface area contributed by atoms with Gasteiger partial charge in [0.1, 0.15) is 0 Å². The van der Waals surface area contributed by atoms with Crippen molar-refractivity contribution in [1.82, 2.24) is 9.97 Å². The van der Waals surface area contributed by atoms with E-state index in [1.807, 2.05) is 12.4 Å². The third kappa shape index (κ3) is 5.30. The van der Waals surface area contributed by atoms with Crippen LogP contribution in [-0.2, 0) is 25.7 Å². The van der Waals surface area contributed by atoms with Crippen LogP contribution in [0.5, 0.6) is 0 Å². The van der Waals surface area contributed by atoms with E-state index in [9.17, 15) is 0 Å². The Balaban J connectivity index is 1.86. The van der Waals surface area contributed by atoms with Gasteiger partial charge in [0.05, 0.1) is 0 Å². The summed E-state index contributed by atoms with van der Waals surface area (Å²) in [5, 5.41) is 0. The van der Waals surface area contributed by atoms with Gasteiger partial charge in [0.15, 0.2) is 0 Å². The van der Waals surface area contributed by atoms with Crippen molar-refractivity contribution in [3.8, 4) is 0 Å². The Morgan fingerprint density at radius 1 is 0.714 bits per heavy atom. The van der Waals surface area contributed by atoms with Gasteiger partial charge in [-0.15, -0.1) is 0 Å². The van der Waals surface area contributed by atoms with Gasteiger partial charge >= 0.3 is 0 Å². The molecule has 0 amide bonds. The maximum atomic E-state index is 4.42. The van der Waals surface area contributed by atoms with Gasteiger partial charge in [-0.05, 0) is 67.5 Å². The average molecular weight is 282 g/mol. The monoisotopic (exact) mass is 282 g/mol. The molecule has 2 rings (SSSR count).